The number of aryl methyl sites for hydroxylation is 1. The largest absolute Gasteiger partial charge is 0.502 e. The van der Waals surface area contributed by atoms with Gasteiger partial charge in [-0.15, -0.1) is 0 Å². The minimum absolute atomic E-state index is 0.202. The fourth-order valence-corrected chi connectivity index (χ4v) is 3.98. The Hall–Kier alpha value is -2.60. The van der Waals surface area contributed by atoms with Crippen molar-refractivity contribution in [1.82, 2.24) is 0 Å². The van der Waals surface area contributed by atoms with E-state index >= 15 is 0 Å². The molecule has 1 aliphatic rings. The number of benzene rings is 2. The predicted octanol–water partition coefficient (Wildman–Crippen LogP) is 2.60. The van der Waals surface area contributed by atoms with E-state index in [1.54, 1.807) is 30.3 Å². The maximum atomic E-state index is 12.7. The van der Waals surface area contributed by atoms with Gasteiger partial charge in [0, 0.05) is 0 Å². The van der Waals surface area contributed by atoms with Gasteiger partial charge >= 0.3 is 5.91 Å². The number of amides is 1. The lowest BCUT2D eigenvalue weighted by molar-refractivity contribution is -0.116. The Morgan fingerprint density at radius 1 is 0.955 bits per heavy atom. The molecular weight excluding hydrogens is 302 g/mol. The van der Waals surface area contributed by atoms with Gasteiger partial charge in [-0.2, -0.15) is 4.31 Å². The molecule has 0 unspecified atom stereocenters. The average molecular weight is 315 g/mol. The van der Waals surface area contributed by atoms with Crippen molar-refractivity contribution >= 4 is 26.5 Å². The summed E-state index contributed by atoms with van der Waals surface area (Å²) >= 11 is 0. The van der Waals surface area contributed by atoms with Crippen LogP contribution in [0.15, 0.2) is 60.4 Å². The summed E-state index contributed by atoms with van der Waals surface area (Å²) in [5.41, 5.74) is 1.42. The minimum atomic E-state index is -4.13. The zero-order valence-corrected chi connectivity index (χ0v) is 12.5. The van der Waals surface area contributed by atoms with Gasteiger partial charge in [-0.1, -0.05) is 48.0 Å². The molecular formula is C16H13NO4S. The molecule has 1 heterocycles. The number of hydrogen-bond donors (Lipinski definition) is 1. The molecule has 0 aromatic heterocycles. The summed E-state index contributed by atoms with van der Waals surface area (Å²) in [6.07, 6.45) is 0. The second-order valence-corrected chi connectivity index (χ2v) is 6.68. The molecule has 1 aliphatic heterocycles. The average Bonchev–Trinajstić information content (AvgIpc) is 2.67. The number of anilines is 1. The summed E-state index contributed by atoms with van der Waals surface area (Å²) in [6, 6.07) is 14.6. The van der Waals surface area contributed by atoms with Gasteiger partial charge in [-0.05, 0) is 24.6 Å². The molecule has 5 nitrogen and oxygen atoms in total. The van der Waals surface area contributed by atoms with Crippen molar-refractivity contribution in [3.8, 4) is 0 Å². The number of sulfonamides is 1. The smallest absolute Gasteiger partial charge is 0.308 e. The quantitative estimate of drug-likeness (QED) is 0.924. The van der Waals surface area contributed by atoms with Crippen LogP contribution >= 0.6 is 0 Å². The van der Waals surface area contributed by atoms with Crippen LogP contribution in [-0.2, 0) is 14.8 Å². The van der Waals surface area contributed by atoms with Crippen molar-refractivity contribution in [3.05, 3.63) is 71.5 Å². The summed E-state index contributed by atoms with van der Waals surface area (Å²) < 4.78 is 26.0. The molecule has 22 heavy (non-hydrogen) atoms. The third-order valence-corrected chi connectivity index (χ3v) is 5.21. The number of aliphatic hydroxyl groups excluding tert-OH is 1. The van der Waals surface area contributed by atoms with E-state index in [2.05, 4.69) is 0 Å². The first-order valence-electron chi connectivity index (χ1n) is 6.58. The minimum Gasteiger partial charge on any atom is -0.502 e. The highest BCUT2D eigenvalue weighted by Gasteiger charge is 2.45. The SMILES string of the molecule is Cc1ccc(N2C(=O)C(O)=C(c3ccccc3)S2(=O)=O)cc1. The third kappa shape index (κ3) is 2.08. The second kappa shape index (κ2) is 4.99. The van der Waals surface area contributed by atoms with Crippen LogP contribution in [0.4, 0.5) is 5.69 Å². The van der Waals surface area contributed by atoms with E-state index in [1.165, 1.54) is 24.3 Å². The van der Waals surface area contributed by atoms with Gasteiger partial charge in [0.25, 0.3) is 10.0 Å². The lowest BCUT2D eigenvalue weighted by Crippen LogP contribution is -2.31. The Balaban J connectivity index is 2.16. The van der Waals surface area contributed by atoms with Crippen LogP contribution in [0.3, 0.4) is 0 Å². The van der Waals surface area contributed by atoms with Crippen LogP contribution in [0.25, 0.3) is 4.91 Å². The molecule has 0 saturated carbocycles. The lowest BCUT2D eigenvalue weighted by Gasteiger charge is -2.16. The highest BCUT2D eigenvalue weighted by molar-refractivity contribution is 8.03. The van der Waals surface area contributed by atoms with Crippen LogP contribution in [0.5, 0.6) is 0 Å². The molecule has 0 spiro atoms. The van der Waals surface area contributed by atoms with Crippen molar-refractivity contribution < 1.29 is 18.3 Å². The molecule has 0 aliphatic carbocycles. The Morgan fingerprint density at radius 3 is 2.14 bits per heavy atom. The highest BCUT2D eigenvalue weighted by Crippen LogP contribution is 2.37. The number of carbonyl (C=O) groups is 1. The van der Waals surface area contributed by atoms with Gasteiger partial charge < -0.3 is 5.11 Å². The van der Waals surface area contributed by atoms with Crippen LogP contribution < -0.4 is 4.31 Å². The van der Waals surface area contributed by atoms with Gasteiger partial charge in [-0.25, -0.2) is 8.42 Å². The molecule has 0 fully saturated rings. The van der Waals surface area contributed by atoms with E-state index in [0.717, 1.165) is 5.56 Å². The number of nitrogens with zero attached hydrogens (tertiary/aromatic N) is 1. The first-order valence-corrected chi connectivity index (χ1v) is 8.02. The molecule has 2 aromatic carbocycles. The molecule has 6 heteroatoms. The predicted molar refractivity (Wildman–Crippen MR) is 83.6 cm³/mol. The molecule has 3 rings (SSSR count). The monoisotopic (exact) mass is 315 g/mol. The highest BCUT2D eigenvalue weighted by atomic mass is 32.2. The second-order valence-electron chi connectivity index (χ2n) is 4.95. The summed E-state index contributed by atoms with van der Waals surface area (Å²) in [7, 11) is -4.13. The van der Waals surface area contributed by atoms with Crippen molar-refractivity contribution in [2.45, 2.75) is 6.92 Å². The van der Waals surface area contributed by atoms with Gasteiger partial charge in [-0.3, -0.25) is 4.79 Å². The molecule has 0 bridgehead atoms. The van der Waals surface area contributed by atoms with Gasteiger partial charge in [0.15, 0.2) is 0 Å². The fraction of sp³-hybridized carbons (Fsp3) is 0.0625. The molecule has 112 valence electrons. The topological polar surface area (TPSA) is 74.7 Å². The van der Waals surface area contributed by atoms with Crippen molar-refractivity contribution in [2.24, 2.45) is 0 Å². The van der Waals surface area contributed by atoms with Gasteiger partial charge in [0.2, 0.25) is 5.76 Å². The van der Waals surface area contributed by atoms with Crippen LogP contribution in [0.1, 0.15) is 11.1 Å². The fourth-order valence-electron chi connectivity index (χ4n) is 2.33. The first kappa shape index (κ1) is 14.3. The van der Waals surface area contributed by atoms with E-state index in [0.29, 0.717) is 4.31 Å². The van der Waals surface area contributed by atoms with Gasteiger partial charge in [0.05, 0.1) is 5.69 Å². The normalized spacial score (nSPS) is 17.1. The summed E-state index contributed by atoms with van der Waals surface area (Å²) in [5, 5.41) is 10.0. The van der Waals surface area contributed by atoms with Crippen molar-refractivity contribution in [2.75, 3.05) is 4.31 Å². The maximum Gasteiger partial charge on any atom is 0.308 e. The summed E-state index contributed by atoms with van der Waals surface area (Å²) in [6.45, 7) is 1.86. The summed E-state index contributed by atoms with van der Waals surface area (Å²) in [4.78, 5) is 11.9. The number of aliphatic hydroxyl groups is 1. The molecule has 1 amide bonds. The molecule has 0 atom stereocenters. The standard InChI is InChI=1S/C16H13NO4S/c1-11-7-9-13(10-8-11)17-16(19)14(18)15(22(17,20)21)12-5-3-2-4-6-12/h2-10,18H,1H3. The zero-order chi connectivity index (χ0) is 15.9. The zero-order valence-electron chi connectivity index (χ0n) is 11.7. The Bertz CT molecular complexity index is 868. The van der Waals surface area contributed by atoms with E-state index in [4.69, 9.17) is 0 Å². The number of rotatable bonds is 2. The van der Waals surface area contributed by atoms with E-state index < -0.39 is 21.7 Å². The van der Waals surface area contributed by atoms with E-state index in [-0.39, 0.29) is 16.2 Å². The van der Waals surface area contributed by atoms with Crippen LogP contribution in [-0.4, -0.2) is 19.4 Å². The van der Waals surface area contributed by atoms with Crippen LogP contribution in [0, 0.1) is 6.92 Å². The first-order chi connectivity index (χ1) is 10.4. The molecule has 0 saturated heterocycles. The summed E-state index contributed by atoms with van der Waals surface area (Å²) in [5.74, 6) is -1.70. The molecule has 2 aromatic rings. The number of hydrogen-bond acceptors (Lipinski definition) is 4. The van der Waals surface area contributed by atoms with Crippen LogP contribution in [0.2, 0.25) is 0 Å². The Morgan fingerprint density at radius 2 is 1.55 bits per heavy atom. The van der Waals surface area contributed by atoms with Crippen molar-refractivity contribution in [1.29, 1.82) is 0 Å². The molecule has 0 radical (unpaired) electrons. The lowest BCUT2D eigenvalue weighted by atomic mass is 10.2. The van der Waals surface area contributed by atoms with Gasteiger partial charge in [0.1, 0.15) is 4.91 Å². The maximum absolute atomic E-state index is 12.7. The third-order valence-electron chi connectivity index (χ3n) is 3.40. The number of carbonyl (C=O) groups excluding carboxylic acids is 1. The van der Waals surface area contributed by atoms with Crippen molar-refractivity contribution in [3.63, 3.8) is 0 Å². The van der Waals surface area contributed by atoms with E-state index in [9.17, 15) is 18.3 Å². The Labute approximate surface area is 128 Å². The Kier molecular flexibility index (Phi) is 3.26. The van der Waals surface area contributed by atoms with E-state index in [1.807, 2.05) is 6.92 Å². The molecule has 1 N–H and O–H groups in total.